The first-order valence-electron chi connectivity index (χ1n) is 7.46. The van der Waals surface area contributed by atoms with Crippen LogP contribution in [0.3, 0.4) is 0 Å². The minimum atomic E-state index is -0.724. The zero-order valence-corrected chi connectivity index (χ0v) is 12.6. The molecule has 5 nitrogen and oxygen atoms in total. The summed E-state index contributed by atoms with van der Waals surface area (Å²) in [6.45, 7) is 6.88. The Kier molecular flexibility index (Phi) is 4.25. The van der Waals surface area contributed by atoms with Crippen molar-refractivity contribution in [3.63, 3.8) is 0 Å². The van der Waals surface area contributed by atoms with Crippen LogP contribution in [0.4, 0.5) is 4.79 Å². The number of piperidine rings is 1. The second-order valence-corrected chi connectivity index (χ2v) is 7.10. The van der Waals surface area contributed by atoms with E-state index in [4.69, 9.17) is 9.84 Å². The molecule has 2 aliphatic rings. The van der Waals surface area contributed by atoms with Gasteiger partial charge in [0, 0.05) is 19.5 Å². The van der Waals surface area contributed by atoms with Gasteiger partial charge >= 0.3 is 12.1 Å². The van der Waals surface area contributed by atoms with Crippen LogP contribution in [0.25, 0.3) is 0 Å². The van der Waals surface area contributed by atoms with Crippen molar-refractivity contribution in [1.29, 1.82) is 0 Å². The van der Waals surface area contributed by atoms with Gasteiger partial charge < -0.3 is 14.7 Å². The molecule has 2 bridgehead atoms. The molecule has 0 aromatic rings. The number of amides is 1. The maximum absolute atomic E-state index is 12.2. The van der Waals surface area contributed by atoms with Crippen molar-refractivity contribution in [2.45, 2.75) is 52.1 Å². The van der Waals surface area contributed by atoms with E-state index >= 15 is 0 Å². The topological polar surface area (TPSA) is 66.8 Å². The molecule has 1 saturated heterocycles. The molecule has 0 spiro atoms. The van der Waals surface area contributed by atoms with E-state index in [-0.39, 0.29) is 18.4 Å². The molecule has 0 aromatic heterocycles. The number of likely N-dealkylation sites (tertiary alicyclic amines) is 1. The van der Waals surface area contributed by atoms with Gasteiger partial charge in [0.25, 0.3) is 0 Å². The average Bonchev–Trinajstić information content (AvgIpc) is 2.24. The number of fused-ring (bicyclic) bond motifs is 2. The molecule has 1 amide bonds. The van der Waals surface area contributed by atoms with Gasteiger partial charge in [-0.1, -0.05) is 6.42 Å². The van der Waals surface area contributed by atoms with Crippen molar-refractivity contribution in [2.24, 2.45) is 17.8 Å². The van der Waals surface area contributed by atoms with E-state index in [1.807, 2.05) is 20.8 Å². The third-order valence-electron chi connectivity index (χ3n) is 4.33. The number of aliphatic carboxylic acids is 1. The van der Waals surface area contributed by atoms with Crippen molar-refractivity contribution in [3.8, 4) is 0 Å². The number of carboxylic acid groups (broad SMARTS) is 1. The minimum Gasteiger partial charge on any atom is -0.481 e. The molecule has 1 heterocycles. The summed E-state index contributed by atoms with van der Waals surface area (Å²) in [7, 11) is 0. The van der Waals surface area contributed by atoms with E-state index in [1.165, 1.54) is 0 Å². The monoisotopic (exact) mass is 283 g/mol. The second kappa shape index (κ2) is 5.62. The number of carboxylic acids is 1. The Bertz CT molecular complexity index is 374. The largest absolute Gasteiger partial charge is 0.481 e. The van der Waals surface area contributed by atoms with Gasteiger partial charge in [0.15, 0.2) is 0 Å². The maximum atomic E-state index is 12.2. The smallest absolute Gasteiger partial charge is 0.410 e. The Labute approximate surface area is 120 Å². The first-order chi connectivity index (χ1) is 9.26. The van der Waals surface area contributed by atoms with Crippen LogP contribution in [0, 0.1) is 17.8 Å². The Hall–Kier alpha value is -1.26. The van der Waals surface area contributed by atoms with Gasteiger partial charge in [0.2, 0.25) is 0 Å². The molecule has 1 aliphatic carbocycles. The third kappa shape index (κ3) is 3.64. The zero-order chi connectivity index (χ0) is 14.9. The van der Waals surface area contributed by atoms with Gasteiger partial charge in [-0.3, -0.25) is 4.79 Å². The molecule has 5 heteroatoms. The van der Waals surface area contributed by atoms with E-state index in [1.54, 1.807) is 4.90 Å². The van der Waals surface area contributed by atoms with Crippen LogP contribution in [0.15, 0.2) is 0 Å². The fourth-order valence-electron chi connectivity index (χ4n) is 3.56. The van der Waals surface area contributed by atoms with Crippen LogP contribution in [-0.2, 0) is 9.53 Å². The molecular weight excluding hydrogens is 258 g/mol. The quantitative estimate of drug-likeness (QED) is 0.846. The lowest BCUT2D eigenvalue weighted by atomic mass is 9.68. The summed E-state index contributed by atoms with van der Waals surface area (Å²) in [5.74, 6) is 0.120. The van der Waals surface area contributed by atoms with Gasteiger partial charge in [-0.05, 0) is 51.4 Å². The van der Waals surface area contributed by atoms with Crippen molar-refractivity contribution >= 4 is 12.1 Å². The third-order valence-corrected chi connectivity index (χ3v) is 4.33. The minimum absolute atomic E-state index is 0.222. The number of hydrogen-bond acceptors (Lipinski definition) is 3. The molecule has 114 valence electrons. The highest BCUT2D eigenvalue weighted by Crippen LogP contribution is 2.41. The van der Waals surface area contributed by atoms with Gasteiger partial charge in [-0.2, -0.15) is 0 Å². The summed E-state index contributed by atoms with van der Waals surface area (Å²) in [6.07, 6.45) is 3.16. The highest BCUT2D eigenvalue weighted by molar-refractivity contribution is 5.69. The van der Waals surface area contributed by atoms with Crippen molar-refractivity contribution in [2.75, 3.05) is 13.1 Å². The van der Waals surface area contributed by atoms with Crippen LogP contribution < -0.4 is 0 Å². The number of nitrogens with zero attached hydrogens (tertiary/aromatic N) is 1. The highest BCUT2D eigenvalue weighted by Gasteiger charge is 2.42. The summed E-state index contributed by atoms with van der Waals surface area (Å²) in [5.41, 5.74) is -0.482. The summed E-state index contributed by atoms with van der Waals surface area (Å²) in [6, 6.07) is 0. The van der Waals surface area contributed by atoms with E-state index in [2.05, 4.69) is 0 Å². The standard InChI is InChI=1S/C15H25NO4/c1-15(2,3)20-14(19)16-8-10-5-4-6-11(9-16)12(10)7-13(17)18/h10-12H,4-9H2,1-3H3,(H,17,18)/t10-,11+,12?. The fraction of sp³-hybridized carbons (Fsp3) is 0.867. The van der Waals surface area contributed by atoms with Gasteiger partial charge in [-0.15, -0.1) is 0 Å². The lowest BCUT2D eigenvalue weighted by molar-refractivity contribution is -0.140. The predicted molar refractivity (Wildman–Crippen MR) is 74.4 cm³/mol. The number of carbonyl (C=O) groups excluding carboxylic acids is 1. The number of hydrogen-bond donors (Lipinski definition) is 1. The Morgan fingerprint density at radius 1 is 1.20 bits per heavy atom. The Balaban J connectivity index is 2.01. The summed E-state index contributed by atoms with van der Waals surface area (Å²) < 4.78 is 5.43. The fourth-order valence-corrected chi connectivity index (χ4v) is 3.56. The van der Waals surface area contributed by atoms with Crippen molar-refractivity contribution in [3.05, 3.63) is 0 Å². The van der Waals surface area contributed by atoms with Crippen LogP contribution >= 0.6 is 0 Å². The van der Waals surface area contributed by atoms with Gasteiger partial charge in [0.1, 0.15) is 5.60 Å². The van der Waals surface area contributed by atoms with E-state index in [9.17, 15) is 9.59 Å². The lowest BCUT2D eigenvalue weighted by Crippen LogP contribution is -2.52. The number of carbonyl (C=O) groups is 2. The molecule has 1 saturated carbocycles. The SMILES string of the molecule is CC(C)(C)OC(=O)N1C[C@H]2CCC[C@@H](C1)C2CC(=O)O. The molecular formula is C15H25NO4. The molecule has 3 atom stereocenters. The first-order valence-corrected chi connectivity index (χ1v) is 7.46. The van der Waals surface area contributed by atoms with Crippen molar-refractivity contribution < 1.29 is 19.4 Å². The van der Waals surface area contributed by atoms with Crippen LogP contribution in [-0.4, -0.2) is 40.8 Å². The molecule has 0 radical (unpaired) electrons. The summed E-state index contributed by atoms with van der Waals surface area (Å²) >= 11 is 0. The van der Waals surface area contributed by atoms with E-state index in [0.29, 0.717) is 24.9 Å². The lowest BCUT2D eigenvalue weighted by Gasteiger charge is -2.47. The molecule has 1 unspecified atom stereocenters. The van der Waals surface area contributed by atoms with Gasteiger partial charge in [-0.25, -0.2) is 4.79 Å². The summed E-state index contributed by atoms with van der Waals surface area (Å²) in [5, 5.41) is 9.04. The molecule has 0 aromatic carbocycles. The molecule has 2 fully saturated rings. The highest BCUT2D eigenvalue weighted by atomic mass is 16.6. The summed E-state index contributed by atoms with van der Waals surface area (Å²) in [4.78, 5) is 24.9. The van der Waals surface area contributed by atoms with Crippen LogP contribution in [0.2, 0.25) is 0 Å². The molecule has 1 aliphatic heterocycles. The van der Waals surface area contributed by atoms with Crippen LogP contribution in [0.1, 0.15) is 46.5 Å². The molecule has 2 rings (SSSR count). The molecule has 1 N–H and O–H groups in total. The maximum Gasteiger partial charge on any atom is 0.410 e. The molecule has 20 heavy (non-hydrogen) atoms. The zero-order valence-electron chi connectivity index (χ0n) is 12.6. The second-order valence-electron chi connectivity index (χ2n) is 7.10. The van der Waals surface area contributed by atoms with Crippen molar-refractivity contribution in [1.82, 2.24) is 4.90 Å². The Morgan fingerprint density at radius 3 is 2.20 bits per heavy atom. The normalized spacial score (nSPS) is 29.9. The Morgan fingerprint density at radius 2 is 1.75 bits per heavy atom. The van der Waals surface area contributed by atoms with E-state index in [0.717, 1.165) is 19.3 Å². The average molecular weight is 283 g/mol. The van der Waals surface area contributed by atoms with E-state index < -0.39 is 11.6 Å². The number of rotatable bonds is 2. The van der Waals surface area contributed by atoms with Crippen LogP contribution in [0.5, 0.6) is 0 Å². The number of ether oxygens (including phenoxy) is 1. The predicted octanol–water partition coefficient (Wildman–Crippen LogP) is 2.74. The van der Waals surface area contributed by atoms with Gasteiger partial charge in [0.05, 0.1) is 0 Å². The first kappa shape index (κ1) is 15.1.